The van der Waals surface area contributed by atoms with E-state index >= 15 is 0 Å². The van der Waals surface area contributed by atoms with Crippen molar-refractivity contribution in [2.24, 2.45) is 0 Å². The van der Waals surface area contributed by atoms with Crippen LogP contribution in [0.5, 0.6) is 0 Å². The summed E-state index contributed by atoms with van der Waals surface area (Å²) >= 11 is 0. The molecule has 1 heteroatoms. The number of hydrogen-bond acceptors (Lipinski definition) is 1. The van der Waals surface area contributed by atoms with Crippen molar-refractivity contribution in [3.8, 4) is 12.3 Å². The Balaban J connectivity index is 2.63. The van der Waals surface area contributed by atoms with Crippen molar-refractivity contribution in [2.75, 3.05) is 6.54 Å². The molecule has 0 aliphatic heterocycles. The van der Waals surface area contributed by atoms with Gasteiger partial charge < -0.3 is 5.32 Å². The molecule has 1 unspecified atom stereocenters. The van der Waals surface area contributed by atoms with E-state index in [1.165, 1.54) is 5.56 Å². The Hall–Kier alpha value is -1.26. The Morgan fingerprint density at radius 1 is 1.38 bits per heavy atom. The minimum absolute atomic E-state index is 0.0566. The second-order valence-corrected chi connectivity index (χ2v) is 2.96. The fourth-order valence-corrected chi connectivity index (χ4v) is 1.21. The van der Waals surface area contributed by atoms with Crippen molar-refractivity contribution in [2.45, 2.75) is 19.4 Å². The number of rotatable bonds is 4. The molecule has 0 saturated heterocycles. The van der Waals surface area contributed by atoms with Crippen LogP contribution < -0.4 is 5.32 Å². The van der Waals surface area contributed by atoms with Crippen LogP contribution in [0.25, 0.3) is 0 Å². The van der Waals surface area contributed by atoms with Crippen LogP contribution in [0.2, 0.25) is 0 Å². The molecule has 0 saturated carbocycles. The second-order valence-electron chi connectivity index (χ2n) is 2.96. The number of benzene rings is 1. The van der Waals surface area contributed by atoms with Gasteiger partial charge in [-0.2, -0.15) is 0 Å². The van der Waals surface area contributed by atoms with Crippen LogP contribution in [-0.4, -0.2) is 6.54 Å². The fraction of sp³-hybridized carbons (Fsp3) is 0.333. The number of nitrogens with one attached hydrogen (secondary N) is 1. The summed E-state index contributed by atoms with van der Waals surface area (Å²) in [6.45, 7) is 3.09. The van der Waals surface area contributed by atoms with Gasteiger partial charge in [0.1, 0.15) is 0 Å². The zero-order chi connectivity index (χ0) is 9.52. The topological polar surface area (TPSA) is 12.0 Å². The maximum absolute atomic E-state index is 5.43. The summed E-state index contributed by atoms with van der Waals surface area (Å²) in [6.07, 6.45) is 6.54. The average Bonchev–Trinajstić information content (AvgIpc) is 2.21. The highest BCUT2D eigenvalue weighted by Gasteiger charge is 2.04. The van der Waals surface area contributed by atoms with Crippen molar-refractivity contribution in [1.29, 1.82) is 0 Å². The lowest BCUT2D eigenvalue weighted by molar-refractivity contribution is 0.626. The predicted molar refractivity (Wildman–Crippen MR) is 56.3 cm³/mol. The molecule has 13 heavy (non-hydrogen) atoms. The molecule has 1 N–H and O–H groups in total. The van der Waals surface area contributed by atoms with Gasteiger partial charge >= 0.3 is 0 Å². The molecule has 1 aromatic rings. The monoisotopic (exact) mass is 173 g/mol. The van der Waals surface area contributed by atoms with E-state index in [9.17, 15) is 0 Å². The van der Waals surface area contributed by atoms with Crippen molar-refractivity contribution in [3.05, 3.63) is 35.9 Å². The van der Waals surface area contributed by atoms with Crippen LogP contribution in [-0.2, 0) is 0 Å². The van der Waals surface area contributed by atoms with Crippen LogP contribution in [0.15, 0.2) is 30.3 Å². The molecule has 1 nitrogen and oxygen atoms in total. The summed E-state index contributed by atoms with van der Waals surface area (Å²) in [5.74, 6) is 2.74. The van der Waals surface area contributed by atoms with E-state index in [1.54, 1.807) is 0 Å². The molecule has 0 aromatic heterocycles. The van der Waals surface area contributed by atoms with E-state index in [-0.39, 0.29) is 6.04 Å². The predicted octanol–water partition coefficient (Wildman–Crippen LogP) is 2.36. The maximum atomic E-state index is 5.43. The zero-order valence-electron chi connectivity index (χ0n) is 7.96. The van der Waals surface area contributed by atoms with Gasteiger partial charge in [0, 0.05) is 0 Å². The van der Waals surface area contributed by atoms with E-state index in [0.29, 0.717) is 0 Å². The summed E-state index contributed by atoms with van der Waals surface area (Å²) < 4.78 is 0. The lowest BCUT2D eigenvalue weighted by Gasteiger charge is -2.11. The van der Waals surface area contributed by atoms with E-state index in [4.69, 9.17) is 6.42 Å². The zero-order valence-corrected chi connectivity index (χ0v) is 7.96. The van der Waals surface area contributed by atoms with Crippen LogP contribution >= 0.6 is 0 Å². The first-order valence-electron chi connectivity index (χ1n) is 4.63. The molecule has 0 bridgehead atoms. The molecule has 1 rings (SSSR count). The van der Waals surface area contributed by atoms with Crippen LogP contribution in [0.3, 0.4) is 0 Å². The first kappa shape index (κ1) is 9.83. The summed E-state index contributed by atoms with van der Waals surface area (Å²) in [5.41, 5.74) is 1.17. The third-order valence-corrected chi connectivity index (χ3v) is 1.90. The summed E-state index contributed by atoms with van der Waals surface area (Å²) in [7, 11) is 0. The van der Waals surface area contributed by atoms with E-state index in [0.717, 1.165) is 13.0 Å². The first-order chi connectivity index (χ1) is 6.38. The number of hydrogen-bond donors (Lipinski definition) is 1. The third kappa shape index (κ3) is 2.93. The molecule has 0 spiro atoms. The van der Waals surface area contributed by atoms with Gasteiger partial charge in [-0.05, 0) is 18.5 Å². The van der Waals surface area contributed by atoms with Gasteiger partial charge in [-0.25, -0.2) is 0 Å². The van der Waals surface area contributed by atoms with E-state index in [2.05, 4.69) is 18.2 Å². The summed E-state index contributed by atoms with van der Waals surface area (Å²) in [4.78, 5) is 0. The average molecular weight is 173 g/mol. The molecule has 68 valence electrons. The molecule has 0 fully saturated rings. The van der Waals surface area contributed by atoms with Gasteiger partial charge in [0.15, 0.2) is 0 Å². The van der Waals surface area contributed by atoms with E-state index < -0.39 is 0 Å². The Labute approximate surface area is 80.2 Å². The molecular formula is C12H15N. The van der Waals surface area contributed by atoms with Gasteiger partial charge in [-0.3, -0.25) is 0 Å². The number of terminal acetylenes is 1. The fourth-order valence-electron chi connectivity index (χ4n) is 1.21. The maximum Gasteiger partial charge on any atom is 0.0943 e. The standard InChI is InChI=1S/C12H15N/c1-3-10-13-12(4-2)11-8-6-5-7-9-11/h2,5-9,12-13H,3,10H2,1H3. The largest absolute Gasteiger partial charge is 0.300 e. The summed E-state index contributed by atoms with van der Waals surface area (Å²) in [5, 5.41) is 3.30. The highest BCUT2D eigenvalue weighted by Crippen LogP contribution is 2.10. The van der Waals surface area contributed by atoms with Crippen molar-refractivity contribution >= 4 is 0 Å². The minimum Gasteiger partial charge on any atom is -0.300 e. The molecular weight excluding hydrogens is 158 g/mol. The van der Waals surface area contributed by atoms with Crippen molar-refractivity contribution in [3.63, 3.8) is 0 Å². The van der Waals surface area contributed by atoms with Gasteiger partial charge in [0.2, 0.25) is 0 Å². The third-order valence-electron chi connectivity index (χ3n) is 1.90. The molecule has 0 aliphatic carbocycles. The van der Waals surface area contributed by atoms with Crippen molar-refractivity contribution < 1.29 is 0 Å². The Morgan fingerprint density at radius 3 is 2.62 bits per heavy atom. The molecule has 0 radical (unpaired) electrons. The van der Waals surface area contributed by atoms with Gasteiger partial charge in [0.25, 0.3) is 0 Å². The normalized spacial score (nSPS) is 12.0. The molecule has 0 aliphatic rings. The van der Waals surface area contributed by atoms with Gasteiger partial charge in [-0.1, -0.05) is 43.2 Å². The van der Waals surface area contributed by atoms with Gasteiger partial charge in [0.05, 0.1) is 6.04 Å². The first-order valence-corrected chi connectivity index (χ1v) is 4.63. The van der Waals surface area contributed by atoms with Gasteiger partial charge in [-0.15, -0.1) is 6.42 Å². The van der Waals surface area contributed by atoms with Crippen LogP contribution in [0.4, 0.5) is 0 Å². The van der Waals surface area contributed by atoms with Crippen LogP contribution in [0, 0.1) is 12.3 Å². The van der Waals surface area contributed by atoms with Crippen molar-refractivity contribution in [1.82, 2.24) is 5.32 Å². The Kier molecular flexibility index (Phi) is 4.08. The molecule has 0 amide bonds. The lowest BCUT2D eigenvalue weighted by Crippen LogP contribution is -2.20. The van der Waals surface area contributed by atoms with E-state index in [1.807, 2.05) is 30.3 Å². The lowest BCUT2D eigenvalue weighted by atomic mass is 10.1. The molecule has 1 aromatic carbocycles. The summed E-state index contributed by atoms with van der Waals surface area (Å²) in [6, 6.07) is 10.2. The van der Waals surface area contributed by atoms with Crippen LogP contribution in [0.1, 0.15) is 24.9 Å². The highest BCUT2D eigenvalue weighted by molar-refractivity contribution is 5.25. The SMILES string of the molecule is C#CC(NCCC)c1ccccc1. The molecule has 1 atom stereocenters. The minimum atomic E-state index is 0.0566. The second kappa shape index (κ2) is 5.40. The Bertz CT molecular complexity index is 271. The highest BCUT2D eigenvalue weighted by atomic mass is 14.9. The molecule has 0 heterocycles. The Morgan fingerprint density at radius 2 is 2.08 bits per heavy atom. The quantitative estimate of drug-likeness (QED) is 0.689. The smallest absolute Gasteiger partial charge is 0.0943 e.